The van der Waals surface area contributed by atoms with Crippen molar-refractivity contribution in [2.45, 2.75) is 11.1 Å². The number of anilines is 4. The van der Waals surface area contributed by atoms with E-state index in [9.17, 15) is 21.6 Å². The lowest BCUT2D eigenvalue weighted by Crippen LogP contribution is -2.21. The molecule has 0 amide bonds. The lowest BCUT2D eigenvalue weighted by molar-refractivity contribution is -0.192. The highest BCUT2D eigenvalue weighted by Crippen LogP contribution is 2.21. The molecule has 2 aromatic heterocycles. The molecule has 0 aliphatic heterocycles. The number of nitrogens with zero attached hydrogens (tertiary/aromatic N) is 3. The molecule has 0 aliphatic rings. The van der Waals surface area contributed by atoms with Crippen LogP contribution in [0.25, 0.3) is 0 Å². The minimum atomic E-state index is -5.08. The molecule has 1 aromatic carbocycles. The van der Waals surface area contributed by atoms with Gasteiger partial charge in [0.2, 0.25) is 15.9 Å². The first kappa shape index (κ1) is 23.6. The molecular weight excluding hydrogens is 445 g/mol. The van der Waals surface area contributed by atoms with Crippen molar-refractivity contribution < 1.29 is 35.9 Å². The first-order valence-corrected chi connectivity index (χ1v) is 9.58. The van der Waals surface area contributed by atoms with Gasteiger partial charge in [0.25, 0.3) is 0 Å². The number of oxazole rings is 1. The Hall–Kier alpha value is -3.72. The number of benzene rings is 1. The van der Waals surface area contributed by atoms with Crippen LogP contribution in [0.5, 0.6) is 0 Å². The van der Waals surface area contributed by atoms with Crippen LogP contribution in [0.3, 0.4) is 0 Å². The Morgan fingerprint density at radius 3 is 2.32 bits per heavy atom. The number of sulfonamides is 1. The molecule has 0 saturated heterocycles. The molecule has 0 unspecified atom stereocenters. The second-order valence-corrected chi connectivity index (χ2v) is 7.33. The summed E-state index contributed by atoms with van der Waals surface area (Å²) in [7, 11) is -2.15. The normalized spacial score (nSPS) is 11.2. The van der Waals surface area contributed by atoms with E-state index < -0.39 is 22.2 Å². The van der Waals surface area contributed by atoms with E-state index in [1.807, 2.05) is 0 Å². The first-order chi connectivity index (χ1) is 14.5. The van der Waals surface area contributed by atoms with Gasteiger partial charge < -0.3 is 20.2 Å². The van der Waals surface area contributed by atoms with Crippen LogP contribution in [-0.2, 0) is 14.8 Å². The molecule has 0 radical (unpaired) electrons. The standard InChI is InChI=1S/C14H14N6O3S.C2HF3O2/c1-15-24(21,22)11-4-2-3-10(5-11)19-12-6-13(18-8-17-12)20-14-7-16-9-23-14;3-2(4,5)1(6)7/h2-9,15H,1H3,(H2,17,18,19,20);(H,6,7). The van der Waals surface area contributed by atoms with Gasteiger partial charge in [-0.1, -0.05) is 6.07 Å². The van der Waals surface area contributed by atoms with Gasteiger partial charge in [-0.25, -0.2) is 32.9 Å². The predicted octanol–water partition coefficient (Wildman–Crippen LogP) is 2.49. The zero-order valence-electron chi connectivity index (χ0n) is 15.6. The molecular formula is C16H15F3N6O5S. The summed E-state index contributed by atoms with van der Waals surface area (Å²) in [5.41, 5.74) is 0.579. The number of carboxylic acids is 1. The van der Waals surface area contributed by atoms with Gasteiger partial charge in [-0.3, -0.25) is 0 Å². The van der Waals surface area contributed by atoms with Gasteiger partial charge in [-0.05, 0) is 25.2 Å². The average Bonchev–Trinajstić information content (AvgIpc) is 3.21. The van der Waals surface area contributed by atoms with Crippen LogP contribution in [0.2, 0.25) is 0 Å². The highest BCUT2D eigenvalue weighted by atomic mass is 32.2. The minimum absolute atomic E-state index is 0.157. The van der Waals surface area contributed by atoms with Crippen LogP contribution in [-0.4, -0.2) is 47.7 Å². The van der Waals surface area contributed by atoms with Crippen molar-refractivity contribution in [1.29, 1.82) is 0 Å². The van der Waals surface area contributed by atoms with Crippen molar-refractivity contribution in [1.82, 2.24) is 19.7 Å². The lowest BCUT2D eigenvalue weighted by atomic mass is 10.3. The van der Waals surface area contributed by atoms with Gasteiger partial charge in [-0.2, -0.15) is 13.2 Å². The fraction of sp³-hybridized carbons (Fsp3) is 0.125. The van der Waals surface area contributed by atoms with E-state index in [-0.39, 0.29) is 4.90 Å². The van der Waals surface area contributed by atoms with Crippen molar-refractivity contribution in [3.63, 3.8) is 0 Å². The zero-order valence-corrected chi connectivity index (χ0v) is 16.4. The summed E-state index contributed by atoms with van der Waals surface area (Å²) in [5.74, 6) is -1.32. The van der Waals surface area contributed by atoms with Gasteiger partial charge in [0.05, 0.1) is 11.1 Å². The third kappa shape index (κ3) is 7.23. The molecule has 0 fully saturated rings. The highest BCUT2D eigenvalue weighted by molar-refractivity contribution is 7.89. The third-order valence-corrected chi connectivity index (χ3v) is 4.69. The van der Waals surface area contributed by atoms with Crippen LogP contribution in [0.1, 0.15) is 0 Å². The Morgan fingerprint density at radius 2 is 1.77 bits per heavy atom. The van der Waals surface area contributed by atoms with E-state index >= 15 is 0 Å². The number of aliphatic carboxylic acids is 1. The number of rotatable bonds is 6. The summed E-state index contributed by atoms with van der Waals surface area (Å²) < 4.78 is 62.8. The highest BCUT2D eigenvalue weighted by Gasteiger charge is 2.38. The molecule has 2 heterocycles. The van der Waals surface area contributed by atoms with E-state index in [4.69, 9.17) is 14.3 Å². The molecule has 0 bridgehead atoms. The van der Waals surface area contributed by atoms with Crippen molar-refractivity contribution in [2.75, 3.05) is 17.7 Å². The smallest absolute Gasteiger partial charge is 0.475 e. The van der Waals surface area contributed by atoms with Crippen molar-refractivity contribution in [3.8, 4) is 0 Å². The number of alkyl halides is 3. The van der Waals surface area contributed by atoms with E-state index in [1.165, 1.54) is 38.1 Å². The first-order valence-electron chi connectivity index (χ1n) is 8.09. The minimum Gasteiger partial charge on any atom is -0.475 e. The number of carbonyl (C=O) groups is 1. The Morgan fingerprint density at radius 1 is 1.13 bits per heavy atom. The average molecular weight is 460 g/mol. The zero-order chi connectivity index (χ0) is 23.1. The molecule has 0 saturated carbocycles. The number of hydrogen-bond acceptors (Lipinski definition) is 9. The molecule has 0 atom stereocenters. The van der Waals surface area contributed by atoms with Gasteiger partial charge in [0.15, 0.2) is 6.39 Å². The summed E-state index contributed by atoms with van der Waals surface area (Å²) in [6.07, 6.45) is -0.896. The van der Waals surface area contributed by atoms with Gasteiger partial charge in [0.1, 0.15) is 18.0 Å². The summed E-state index contributed by atoms with van der Waals surface area (Å²) in [6.45, 7) is 0. The number of hydrogen-bond donors (Lipinski definition) is 4. The number of aromatic nitrogens is 3. The summed E-state index contributed by atoms with van der Waals surface area (Å²) in [6, 6.07) is 8.05. The van der Waals surface area contributed by atoms with Crippen molar-refractivity contribution in [3.05, 3.63) is 49.2 Å². The topological polar surface area (TPSA) is 159 Å². The molecule has 166 valence electrons. The van der Waals surface area contributed by atoms with Crippen molar-refractivity contribution in [2.24, 2.45) is 0 Å². The molecule has 3 aromatic rings. The third-order valence-electron chi connectivity index (χ3n) is 3.28. The Labute approximate surface area is 173 Å². The monoisotopic (exact) mass is 460 g/mol. The molecule has 11 nitrogen and oxygen atoms in total. The summed E-state index contributed by atoms with van der Waals surface area (Å²) in [4.78, 5) is 21.0. The molecule has 0 spiro atoms. The van der Waals surface area contributed by atoms with E-state index in [0.717, 1.165) is 0 Å². The fourth-order valence-corrected chi connectivity index (χ4v) is 2.68. The molecule has 0 aliphatic carbocycles. The van der Waals surface area contributed by atoms with Gasteiger partial charge in [-0.15, -0.1) is 0 Å². The predicted molar refractivity (Wildman–Crippen MR) is 101 cm³/mol. The SMILES string of the molecule is CNS(=O)(=O)c1cccc(Nc2cc(Nc3cnco3)ncn2)c1.O=C(O)C(F)(F)F. The number of halogens is 3. The van der Waals surface area contributed by atoms with Gasteiger partial charge in [0, 0.05) is 11.8 Å². The van der Waals surface area contributed by atoms with Crippen LogP contribution in [0.15, 0.2) is 58.6 Å². The lowest BCUT2D eigenvalue weighted by Gasteiger charge is -2.09. The number of nitrogens with one attached hydrogen (secondary N) is 3. The quantitative estimate of drug-likeness (QED) is 0.430. The maximum atomic E-state index is 11.8. The van der Waals surface area contributed by atoms with Crippen LogP contribution >= 0.6 is 0 Å². The van der Waals surface area contributed by atoms with Crippen LogP contribution < -0.4 is 15.4 Å². The van der Waals surface area contributed by atoms with E-state index in [1.54, 1.807) is 18.2 Å². The molecule has 4 N–H and O–H groups in total. The maximum absolute atomic E-state index is 11.8. The van der Waals surface area contributed by atoms with E-state index in [0.29, 0.717) is 23.2 Å². The summed E-state index contributed by atoms with van der Waals surface area (Å²) >= 11 is 0. The van der Waals surface area contributed by atoms with Crippen LogP contribution in [0, 0.1) is 0 Å². The second-order valence-electron chi connectivity index (χ2n) is 5.44. The maximum Gasteiger partial charge on any atom is 0.490 e. The van der Waals surface area contributed by atoms with Crippen LogP contribution in [0.4, 0.5) is 36.4 Å². The molecule has 3 rings (SSSR count). The Balaban J connectivity index is 0.000000423. The fourth-order valence-electron chi connectivity index (χ4n) is 1.90. The van der Waals surface area contributed by atoms with E-state index in [2.05, 4.69) is 30.3 Å². The largest absolute Gasteiger partial charge is 0.490 e. The number of carboxylic acid groups (broad SMARTS) is 1. The Bertz CT molecular complexity index is 1120. The Kier molecular flexibility index (Phi) is 7.49. The molecule has 15 heteroatoms. The summed E-state index contributed by atoms with van der Waals surface area (Å²) in [5, 5.41) is 13.1. The van der Waals surface area contributed by atoms with Gasteiger partial charge >= 0.3 is 12.1 Å². The van der Waals surface area contributed by atoms with Crippen molar-refractivity contribution >= 4 is 39.2 Å². The molecule has 31 heavy (non-hydrogen) atoms. The second kappa shape index (κ2) is 9.86.